The van der Waals surface area contributed by atoms with Gasteiger partial charge in [-0.2, -0.15) is 13.2 Å². The number of benzene rings is 1. The number of halogens is 3. The number of ketones is 1. The molecule has 0 spiro atoms. The lowest BCUT2D eigenvalue weighted by molar-refractivity contribution is -0.137. The standard InChI is InChI=1S/C22H16F3N3O/c23-22(24,25)16-7-3-14(4-8-16)5-9-17-10-6-15(12-27-17)20(29)19-13-28-21-18(19)2-1-11-26-21/h1-4,6-8,10-13H,5,9H2,(H,26,28). The molecule has 0 aliphatic rings. The smallest absolute Gasteiger partial charge is 0.345 e. The fourth-order valence-corrected chi connectivity index (χ4v) is 3.14. The summed E-state index contributed by atoms with van der Waals surface area (Å²) >= 11 is 0. The van der Waals surface area contributed by atoms with E-state index in [0.717, 1.165) is 28.8 Å². The molecule has 29 heavy (non-hydrogen) atoms. The zero-order valence-electron chi connectivity index (χ0n) is 15.2. The van der Waals surface area contributed by atoms with Crippen LogP contribution < -0.4 is 0 Å². The summed E-state index contributed by atoms with van der Waals surface area (Å²) in [5.41, 5.74) is 2.56. The lowest BCUT2D eigenvalue weighted by Crippen LogP contribution is -2.05. The normalized spacial score (nSPS) is 11.7. The Kier molecular flexibility index (Phi) is 4.88. The second-order valence-corrected chi connectivity index (χ2v) is 6.66. The van der Waals surface area contributed by atoms with Crippen LogP contribution in [-0.4, -0.2) is 20.7 Å². The molecule has 0 fully saturated rings. The summed E-state index contributed by atoms with van der Waals surface area (Å²) in [5.74, 6) is -0.147. The number of hydrogen-bond acceptors (Lipinski definition) is 3. The summed E-state index contributed by atoms with van der Waals surface area (Å²) in [6.45, 7) is 0. The third-order valence-electron chi connectivity index (χ3n) is 4.73. The van der Waals surface area contributed by atoms with Crippen LogP contribution in [0.2, 0.25) is 0 Å². The highest BCUT2D eigenvalue weighted by atomic mass is 19.4. The maximum absolute atomic E-state index is 12.7. The number of aromatic nitrogens is 3. The summed E-state index contributed by atoms with van der Waals surface area (Å²) in [6.07, 6.45) is 1.62. The van der Waals surface area contributed by atoms with E-state index in [2.05, 4.69) is 15.0 Å². The number of nitrogens with zero attached hydrogens (tertiary/aromatic N) is 2. The van der Waals surface area contributed by atoms with Gasteiger partial charge in [-0.3, -0.25) is 9.78 Å². The van der Waals surface area contributed by atoms with E-state index in [0.29, 0.717) is 29.6 Å². The average Bonchev–Trinajstić information content (AvgIpc) is 3.16. The molecule has 3 heterocycles. The molecule has 0 unspecified atom stereocenters. The number of hydrogen-bond donors (Lipinski definition) is 1. The van der Waals surface area contributed by atoms with Crippen molar-refractivity contribution in [1.29, 1.82) is 0 Å². The highest BCUT2D eigenvalue weighted by Gasteiger charge is 2.29. The Labute approximate surface area is 164 Å². The summed E-state index contributed by atoms with van der Waals surface area (Å²) in [5, 5.41) is 0.754. The summed E-state index contributed by atoms with van der Waals surface area (Å²) < 4.78 is 37.9. The number of rotatable bonds is 5. The van der Waals surface area contributed by atoms with Gasteiger partial charge in [0, 0.05) is 40.8 Å². The molecule has 4 nitrogen and oxygen atoms in total. The molecule has 146 valence electrons. The first-order valence-corrected chi connectivity index (χ1v) is 9.00. The molecule has 0 saturated heterocycles. The Balaban J connectivity index is 1.43. The van der Waals surface area contributed by atoms with Gasteiger partial charge < -0.3 is 4.98 Å². The Hall–Kier alpha value is -3.48. The largest absolute Gasteiger partial charge is 0.416 e. The predicted octanol–water partition coefficient (Wildman–Crippen LogP) is 4.99. The molecule has 0 bridgehead atoms. The first kappa shape index (κ1) is 18.9. The fraction of sp³-hybridized carbons (Fsp3) is 0.136. The number of nitrogens with one attached hydrogen (secondary N) is 1. The van der Waals surface area contributed by atoms with Crippen molar-refractivity contribution >= 4 is 16.8 Å². The van der Waals surface area contributed by atoms with Crippen molar-refractivity contribution in [3.05, 3.63) is 95.1 Å². The Morgan fingerprint density at radius 1 is 0.966 bits per heavy atom. The van der Waals surface area contributed by atoms with Gasteiger partial charge in [-0.25, -0.2) is 4.98 Å². The summed E-state index contributed by atoms with van der Waals surface area (Å²) in [7, 11) is 0. The lowest BCUT2D eigenvalue weighted by atomic mass is 10.0. The molecule has 0 amide bonds. The monoisotopic (exact) mass is 395 g/mol. The maximum atomic E-state index is 12.7. The second kappa shape index (κ2) is 7.50. The molecule has 1 aromatic carbocycles. The SMILES string of the molecule is O=C(c1ccc(CCc2ccc(C(F)(F)F)cc2)nc1)c1c[nH]c2ncccc12. The molecule has 7 heteroatoms. The number of aromatic amines is 1. The molecular formula is C22H16F3N3O. The Morgan fingerprint density at radius 2 is 1.76 bits per heavy atom. The number of aryl methyl sites for hydroxylation is 2. The summed E-state index contributed by atoms with van der Waals surface area (Å²) in [4.78, 5) is 24.2. The Bertz CT molecular complexity index is 1150. The highest BCUT2D eigenvalue weighted by Crippen LogP contribution is 2.29. The zero-order valence-corrected chi connectivity index (χ0v) is 15.2. The van der Waals surface area contributed by atoms with E-state index < -0.39 is 11.7 Å². The van der Waals surface area contributed by atoms with E-state index in [1.54, 1.807) is 30.6 Å². The van der Waals surface area contributed by atoms with Crippen molar-refractivity contribution in [2.24, 2.45) is 0 Å². The van der Waals surface area contributed by atoms with Crippen LogP contribution in [0.25, 0.3) is 11.0 Å². The molecule has 4 rings (SSSR count). The molecule has 1 N–H and O–H groups in total. The quantitative estimate of drug-likeness (QED) is 0.484. The van der Waals surface area contributed by atoms with E-state index in [4.69, 9.17) is 0 Å². The number of carbonyl (C=O) groups is 1. The van der Waals surface area contributed by atoms with E-state index in [1.807, 2.05) is 6.07 Å². The van der Waals surface area contributed by atoms with Gasteiger partial charge in [0.15, 0.2) is 5.78 Å². The molecule has 0 saturated carbocycles. The molecule has 0 aliphatic heterocycles. The number of alkyl halides is 3. The first-order chi connectivity index (χ1) is 13.9. The van der Waals surface area contributed by atoms with E-state index in [9.17, 15) is 18.0 Å². The molecule has 3 aromatic heterocycles. The van der Waals surface area contributed by atoms with Crippen LogP contribution in [0, 0.1) is 0 Å². The number of carbonyl (C=O) groups excluding carboxylic acids is 1. The minimum atomic E-state index is -4.33. The Morgan fingerprint density at radius 3 is 2.45 bits per heavy atom. The van der Waals surface area contributed by atoms with Gasteiger partial charge >= 0.3 is 6.18 Å². The van der Waals surface area contributed by atoms with Crippen molar-refractivity contribution in [3.8, 4) is 0 Å². The zero-order chi connectivity index (χ0) is 20.4. The molecule has 0 aliphatic carbocycles. The van der Waals surface area contributed by atoms with Crippen LogP contribution >= 0.6 is 0 Å². The third-order valence-corrected chi connectivity index (χ3v) is 4.73. The van der Waals surface area contributed by atoms with Gasteiger partial charge in [-0.15, -0.1) is 0 Å². The predicted molar refractivity (Wildman–Crippen MR) is 103 cm³/mol. The van der Waals surface area contributed by atoms with Crippen LogP contribution in [0.5, 0.6) is 0 Å². The first-order valence-electron chi connectivity index (χ1n) is 9.00. The third kappa shape index (κ3) is 4.03. The van der Waals surface area contributed by atoms with Crippen LogP contribution in [-0.2, 0) is 19.0 Å². The van der Waals surface area contributed by atoms with Crippen LogP contribution in [0.3, 0.4) is 0 Å². The highest BCUT2D eigenvalue weighted by molar-refractivity contribution is 6.15. The minimum Gasteiger partial charge on any atom is -0.345 e. The van der Waals surface area contributed by atoms with Gasteiger partial charge in [0.05, 0.1) is 5.56 Å². The molecule has 0 radical (unpaired) electrons. The van der Waals surface area contributed by atoms with Gasteiger partial charge in [0.2, 0.25) is 0 Å². The van der Waals surface area contributed by atoms with Gasteiger partial charge in [0.1, 0.15) is 5.65 Å². The minimum absolute atomic E-state index is 0.147. The van der Waals surface area contributed by atoms with Crippen LogP contribution in [0.4, 0.5) is 13.2 Å². The van der Waals surface area contributed by atoms with Crippen LogP contribution in [0.1, 0.15) is 32.7 Å². The van der Waals surface area contributed by atoms with Gasteiger partial charge in [0.25, 0.3) is 0 Å². The second-order valence-electron chi connectivity index (χ2n) is 6.66. The molecule has 4 aromatic rings. The topological polar surface area (TPSA) is 58.6 Å². The van der Waals surface area contributed by atoms with E-state index in [-0.39, 0.29) is 5.78 Å². The number of fused-ring (bicyclic) bond motifs is 1. The fourth-order valence-electron chi connectivity index (χ4n) is 3.14. The van der Waals surface area contributed by atoms with Crippen molar-refractivity contribution in [2.75, 3.05) is 0 Å². The van der Waals surface area contributed by atoms with Gasteiger partial charge in [-0.1, -0.05) is 12.1 Å². The van der Waals surface area contributed by atoms with Crippen molar-refractivity contribution in [1.82, 2.24) is 15.0 Å². The van der Waals surface area contributed by atoms with Gasteiger partial charge in [-0.05, 0) is 54.8 Å². The molecular weight excluding hydrogens is 379 g/mol. The maximum Gasteiger partial charge on any atom is 0.416 e. The van der Waals surface area contributed by atoms with Crippen molar-refractivity contribution in [2.45, 2.75) is 19.0 Å². The average molecular weight is 395 g/mol. The lowest BCUT2D eigenvalue weighted by Gasteiger charge is -2.07. The van der Waals surface area contributed by atoms with E-state index in [1.165, 1.54) is 18.3 Å². The van der Waals surface area contributed by atoms with Crippen molar-refractivity contribution in [3.63, 3.8) is 0 Å². The van der Waals surface area contributed by atoms with Crippen LogP contribution in [0.15, 0.2) is 67.1 Å². The van der Waals surface area contributed by atoms with Crippen molar-refractivity contribution < 1.29 is 18.0 Å². The summed E-state index contributed by atoms with van der Waals surface area (Å²) in [6, 6.07) is 12.2. The number of pyridine rings is 2. The molecule has 0 atom stereocenters. The number of H-pyrrole nitrogens is 1. The van der Waals surface area contributed by atoms with E-state index >= 15 is 0 Å².